The summed E-state index contributed by atoms with van der Waals surface area (Å²) in [7, 11) is 0. The van der Waals surface area contributed by atoms with E-state index < -0.39 is 0 Å². The predicted octanol–water partition coefficient (Wildman–Crippen LogP) is 2.87. The average Bonchev–Trinajstić information content (AvgIpc) is 3.17. The number of hydrogen-bond donors (Lipinski definition) is 1. The third-order valence-corrected chi connectivity index (χ3v) is 4.34. The van der Waals surface area contributed by atoms with Gasteiger partial charge in [-0.05, 0) is 49.7 Å². The Morgan fingerprint density at radius 2 is 2.00 bits per heavy atom. The first-order chi connectivity index (χ1) is 8.14. The van der Waals surface area contributed by atoms with Crippen molar-refractivity contribution in [3.63, 3.8) is 0 Å². The highest BCUT2D eigenvalue weighted by molar-refractivity contribution is 5.23. The summed E-state index contributed by atoms with van der Waals surface area (Å²) in [6, 6.07) is 6.31. The molecule has 2 aliphatic rings. The Kier molecular flexibility index (Phi) is 2.40. The highest BCUT2D eigenvalue weighted by atomic mass is 19.1. The lowest BCUT2D eigenvalue weighted by Crippen LogP contribution is -2.35. The summed E-state index contributed by atoms with van der Waals surface area (Å²) in [5, 5.41) is 0. The van der Waals surface area contributed by atoms with Crippen LogP contribution in [0.5, 0.6) is 5.75 Å². The zero-order valence-electron chi connectivity index (χ0n) is 9.92. The fourth-order valence-corrected chi connectivity index (χ4v) is 2.73. The van der Waals surface area contributed by atoms with E-state index in [0.717, 1.165) is 19.3 Å². The van der Waals surface area contributed by atoms with Crippen LogP contribution in [0.3, 0.4) is 0 Å². The molecule has 1 aromatic carbocycles. The van der Waals surface area contributed by atoms with Crippen molar-refractivity contribution >= 4 is 0 Å². The lowest BCUT2D eigenvalue weighted by atomic mass is 9.91. The van der Waals surface area contributed by atoms with Crippen LogP contribution in [0.1, 0.15) is 32.1 Å². The Morgan fingerprint density at radius 3 is 2.59 bits per heavy atom. The van der Waals surface area contributed by atoms with E-state index in [4.69, 9.17) is 10.5 Å². The largest absolute Gasteiger partial charge is 0.493 e. The summed E-state index contributed by atoms with van der Waals surface area (Å²) < 4.78 is 18.5. The summed E-state index contributed by atoms with van der Waals surface area (Å²) in [6.07, 6.45) is 5.78. The summed E-state index contributed by atoms with van der Waals surface area (Å²) >= 11 is 0. The molecular formula is C14H18FNO. The molecule has 92 valence electrons. The second kappa shape index (κ2) is 3.70. The maximum Gasteiger partial charge on any atom is 0.126 e. The first-order valence-electron chi connectivity index (χ1n) is 6.31. The molecule has 0 saturated heterocycles. The maximum absolute atomic E-state index is 12.9. The van der Waals surface area contributed by atoms with Gasteiger partial charge in [-0.2, -0.15) is 0 Å². The van der Waals surface area contributed by atoms with Crippen LogP contribution in [0.4, 0.5) is 4.39 Å². The molecule has 0 spiro atoms. The van der Waals surface area contributed by atoms with Gasteiger partial charge < -0.3 is 10.5 Å². The van der Waals surface area contributed by atoms with E-state index in [1.165, 1.54) is 25.0 Å². The molecule has 3 rings (SSSR count). The average molecular weight is 235 g/mol. The topological polar surface area (TPSA) is 35.2 Å². The fraction of sp³-hybridized carbons (Fsp3) is 0.571. The van der Waals surface area contributed by atoms with Crippen LogP contribution >= 0.6 is 0 Å². The molecule has 2 nitrogen and oxygen atoms in total. The minimum absolute atomic E-state index is 0.0955. The van der Waals surface area contributed by atoms with Gasteiger partial charge in [0.25, 0.3) is 0 Å². The van der Waals surface area contributed by atoms with Gasteiger partial charge in [0.15, 0.2) is 0 Å². The monoisotopic (exact) mass is 235 g/mol. The van der Waals surface area contributed by atoms with Gasteiger partial charge in [-0.15, -0.1) is 0 Å². The molecule has 3 heteroatoms. The van der Waals surface area contributed by atoms with Crippen LogP contribution in [0.15, 0.2) is 24.3 Å². The molecule has 0 heterocycles. The van der Waals surface area contributed by atoms with Crippen LogP contribution in [0, 0.1) is 11.2 Å². The second-order valence-corrected chi connectivity index (χ2v) is 5.49. The summed E-state index contributed by atoms with van der Waals surface area (Å²) in [5.41, 5.74) is 6.70. The standard InChI is InChI=1S/C14H18FNO/c15-11-2-1-3-12(10-11)17-9-8-13(4-5-13)14(16)6-7-14/h1-3,10H,4-9,16H2. The normalized spacial score (nSPS) is 23.2. The molecule has 0 aliphatic heterocycles. The van der Waals surface area contributed by atoms with Gasteiger partial charge in [0.2, 0.25) is 0 Å². The zero-order valence-corrected chi connectivity index (χ0v) is 9.92. The summed E-state index contributed by atoms with van der Waals surface area (Å²) in [5.74, 6) is 0.365. The lowest BCUT2D eigenvalue weighted by Gasteiger charge is -2.22. The van der Waals surface area contributed by atoms with Gasteiger partial charge >= 0.3 is 0 Å². The van der Waals surface area contributed by atoms with Crippen LogP contribution in [-0.2, 0) is 0 Å². The third kappa shape index (κ3) is 2.04. The Morgan fingerprint density at radius 1 is 1.24 bits per heavy atom. The molecule has 2 saturated carbocycles. The van der Waals surface area contributed by atoms with Crippen molar-refractivity contribution in [2.45, 2.75) is 37.6 Å². The second-order valence-electron chi connectivity index (χ2n) is 5.49. The van der Waals surface area contributed by atoms with Gasteiger partial charge in [0.05, 0.1) is 6.61 Å². The molecule has 0 atom stereocenters. The smallest absolute Gasteiger partial charge is 0.126 e. The van der Waals surface area contributed by atoms with E-state index in [1.807, 2.05) is 0 Å². The van der Waals surface area contributed by atoms with Crippen molar-refractivity contribution in [1.29, 1.82) is 0 Å². The third-order valence-electron chi connectivity index (χ3n) is 4.34. The van der Waals surface area contributed by atoms with E-state index in [2.05, 4.69) is 0 Å². The van der Waals surface area contributed by atoms with E-state index in [1.54, 1.807) is 12.1 Å². The van der Waals surface area contributed by atoms with Crippen molar-refractivity contribution in [2.75, 3.05) is 6.61 Å². The minimum atomic E-state index is -0.249. The van der Waals surface area contributed by atoms with Crippen molar-refractivity contribution in [3.05, 3.63) is 30.1 Å². The molecule has 17 heavy (non-hydrogen) atoms. The fourth-order valence-electron chi connectivity index (χ4n) is 2.73. The highest BCUT2D eigenvalue weighted by Gasteiger charge is 2.62. The van der Waals surface area contributed by atoms with E-state index in [-0.39, 0.29) is 11.4 Å². The molecule has 0 unspecified atom stereocenters. The Labute approximate surface area is 101 Å². The molecule has 1 aromatic rings. The quantitative estimate of drug-likeness (QED) is 0.851. The number of rotatable bonds is 5. The first-order valence-corrected chi connectivity index (χ1v) is 6.31. The number of hydrogen-bond acceptors (Lipinski definition) is 2. The SMILES string of the molecule is NC1(C2(CCOc3cccc(F)c3)CC2)CC1. The zero-order chi connectivity index (χ0) is 11.9. The van der Waals surface area contributed by atoms with Gasteiger partial charge in [-0.25, -0.2) is 4.39 Å². The maximum atomic E-state index is 12.9. The van der Waals surface area contributed by atoms with E-state index in [0.29, 0.717) is 17.8 Å². The van der Waals surface area contributed by atoms with Gasteiger partial charge in [0, 0.05) is 11.6 Å². The molecule has 0 amide bonds. The van der Waals surface area contributed by atoms with E-state index in [9.17, 15) is 4.39 Å². The van der Waals surface area contributed by atoms with Crippen molar-refractivity contribution in [2.24, 2.45) is 11.1 Å². The van der Waals surface area contributed by atoms with E-state index >= 15 is 0 Å². The lowest BCUT2D eigenvalue weighted by molar-refractivity contribution is 0.240. The highest BCUT2D eigenvalue weighted by Crippen LogP contribution is 2.64. The van der Waals surface area contributed by atoms with Crippen LogP contribution in [-0.4, -0.2) is 12.1 Å². The molecule has 0 aromatic heterocycles. The molecule has 0 bridgehead atoms. The van der Waals surface area contributed by atoms with Crippen LogP contribution in [0.25, 0.3) is 0 Å². The molecular weight excluding hydrogens is 217 g/mol. The molecule has 2 fully saturated rings. The van der Waals surface area contributed by atoms with Crippen molar-refractivity contribution in [1.82, 2.24) is 0 Å². The van der Waals surface area contributed by atoms with Crippen LogP contribution in [0.2, 0.25) is 0 Å². The Hall–Kier alpha value is -1.09. The Bertz CT molecular complexity index is 424. The summed E-state index contributed by atoms with van der Waals surface area (Å²) in [4.78, 5) is 0. The van der Waals surface area contributed by atoms with Crippen molar-refractivity contribution in [3.8, 4) is 5.75 Å². The minimum Gasteiger partial charge on any atom is -0.493 e. The van der Waals surface area contributed by atoms with Crippen LogP contribution < -0.4 is 10.5 Å². The van der Waals surface area contributed by atoms with Gasteiger partial charge in [0.1, 0.15) is 11.6 Å². The number of halogens is 1. The molecule has 2 N–H and O–H groups in total. The predicted molar refractivity (Wildman–Crippen MR) is 64.3 cm³/mol. The van der Waals surface area contributed by atoms with Gasteiger partial charge in [-0.1, -0.05) is 6.07 Å². The van der Waals surface area contributed by atoms with Gasteiger partial charge in [-0.3, -0.25) is 0 Å². The number of nitrogens with two attached hydrogens (primary N) is 1. The molecule has 0 radical (unpaired) electrons. The number of ether oxygens (including phenoxy) is 1. The summed E-state index contributed by atoms with van der Waals surface area (Å²) in [6.45, 7) is 0.641. The Balaban J connectivity index is 1.53. The molecule has 2 aliphatic carbocycles. The number of benzene rings is 1. The van der Waals surface area contributed by atoms with Crippen molar-refractivity contribution < 1.29 is 9.13 Å². The first kappa shape index (κ1) is 11.0.